The fourth-order valence-corrected chi connectivity index (χ4v) is 1.93. The molecule has 0 saturated carbocycles. The van der Waals surface area contributed by atoms with Crippen molar-refractivity contribution in [3.05, 3.63) is 0 Å². The van der Waals surface area contributed by atoms with Crippen LogP contribution >= 0.6 is 22.9 Å². The normalized spacial score (nSPS) is 35.7. The third kappa shape index (κ3) is 1.61. The van der Waals surface area contributed by atoms with Crippen molar-refractivity contribution in [3.63, 3.8) is 0 Å². The first kappa shape index (κ1) is 8.70. The van der Waals surface area contributed by atoms with E-state index in [0.29, 0.717) is 18.6 Å². The molecule has 0 aromatic rings. The first-order chi connectivity index (χ1) is 4.63. The van der Waals surface area contributed by atoms with Crippen LogP contribution in [0, 0.1) is 5.92 Å². The van der Waals surface area contributed by atoms with Crippen LogP contribution in [0.1, 0.15) is 13.8 Å². The van der Waals surface area contributed by atoms with Gasteiger partial charge in [0.1, 0.15) is 0 Å². The molecule has 0 aromatic carbocycles. The van der Waals surface area contributed by atoms with Gasteiger partial charge in [0.05, 0.1) is 12.6 Å². The van der Waals surface area contributed by atoms with Crippen molar-refractivity contribution in [2.45, 2.75) is 26.3 Å². The number of rotatable bonds is 1. The van der Waals surface area contributed by atoms with Crippen LogP contribution in [0.4, 0.5) is 0 Å². The lowest BCUT2D eigenvalue weighted by atomic mass is 10.1. The summed E-state index contributed by atoms with van der Waals surface area (Å²) in [5.41, 5.74) is 0. The van der Waals surface area contributed by atoms with Crippen molar-refractivity contribution in [1.82, 2.24) is 3.11 Å². The second-order valence-corrected chi connectivity index (χ2v) is 3.93. The summed E-state index contributed by atoms with van der Waals surface area (Å²) in [6.07, 6.45) is -0.701. The minimum Gasteiger partial charge on any atom is -0.355 e. The van der Waals surface area contributed by atoms with Gasteiger partial charge in [-0.25, -0.2) is 0 Å². The van der Waals surface area contributed by atoms with E-state index in [1.807, 2.05) is 3.11 Å². The van der Waals surface area contributed by atoms with E-state index in [9.17, 15) is 0 Å². The number of hydrogen-bond donors (Lipinski definition) is 1. The molecule has 3 nitrogen and oxygen atoms in total. The molecule has 1 rings (SSSR count). The molecule has 1 fully saturated rings. The number of ether oxygens (including phenoxy) is 1. The number of aliphatic hydroxyl groups is 1. The van der Waals surface area contributed by atoms with Gasteiger partial charge in [0.2, 0.25) is 6.41 Å². The zero-order valence-electron chi connectivity index (χ0n) is 6.12. The van der Waals surface area contributed by atoms with Crippen LogP contribution in [0.3, 0.4) is 0 Å². The smallest absolute Gasteiger partial charge is 0.225 e. The Labute approximate surface area is 74.8 Å². The third-order valence-corrected chi connectivity index (χ3v) is 2.91. The van der Waals surface area contributed by atoms with Gasteiger partial charge in [0.25, 0.3) is 0 Å². The molecule has 0 bridgehead atoms. The summed E-state index contributed by atoms with van der Waals surface area (Å²) >= 11 is 2.09. The molecular formula is C6H12INO2. The molecule has 0 aliphatic carbocycles. The van der Waals surface area contributed by atoms with E-state index in [2.05, 4.69) is 36.7 Å². The van der Waals surface area contributed by atoms with Crippen LogP contribution in [0.5, 0.6) is 0 Å². The second-order valence-electron chi connectivity index (χ2n) is 2.82. The van der Waals surface area contributed by atoms with Crippen molar-refractivity contribution in [2.75, 3.05) is 6.61 Å². The highest BCUT2D eigenvalue weighted by Crippen LogP contribution is 2.24. The summed E-state index contributed by atoms with van der Waals surface area (Å²) < 4.78 is 6.83. The van der Waals surface area contributed by atoms with Gasteiger partial charge in [-0.1, -0.05) is 13.8 Å². The van der Waals surface area contributed by atoms with Crippen LogP contribution in [-0.4, -0.2) is 27.3 Å². The Bertz CT molecular complexity index is 120. The van der Waals surface area contributed by atoms with E-state index in [0.717, 1.165) is 0 Å². The Morgan fingerprint density at radius 2 is 2.30 bits per heavy atom. The van der Waals surface area contributed by atoms with Gasteiger partial charge >= 0.3 is 0 Å². The molecule has 60 valence electrons. The van der Waals surface area contributed by atoms with E-state index in [1.165, 1.54) is 0 Å². The van der Waals surface area contributed by atoms with Crippen LogP contribution in [0.25, 0.3) is 0 Å². The molecule has 10 heavy (non-hydrogen) atoms. The summed E-state index contributed by atoms with van der Waals surface area (Å²) in [4.78, 5) is 0. The predicted octanol–water partition coefficient (Wildman–Crippen LogP) is 0.969. The average Bonchev–Trinajstić information content (AvgIpc) is 2.14. The zero-order chi connectivity index (χ0) is 7.72. The quantitative estimate of drug-likeness (QED) is 0.561. The summed E-state index contributed by atoms with van der Waals surface area (Å²) in [6, 6.07) is 0.357. The number of halogens is 1. The number of nitrogens with zero attached hydrogens (tertiary/aromatic N) is 1. The maximum absolute atomic E-state index is 9.11. The Morgan fingerprint density at radius 1 is 1.70 bits per heavy atom. The maximum atomic E-state index is 9.11. The van der Waals surface area contributed by atoms with Crippen molar-refractivity contribution in [2.24, 2.45) is 5.92 Å². The standard InChI is InChI=1S/C6H12INO2/c1-4(2)5-3-10-6(9)8(5)7/h4-6,9H,3H2,1-2H3. The highest BCUT2D eigenvalue weighted by molar-refractivity contribution is 14.1. The molecule has 1 aliphatic heterocycles. The van der Waals surface area contributed by atoms with Gasteiger partial charge in [-0.2, -0.15) is 3.11 Å². The Hall–Kier alpha value is 0.610. The molecule has 1 aliphatic rings. The lowest BCUT2D eigenvalue weighted by Gasteiger charge is -2.19. The third-order valence-electron chi connectivity index (χ3n) is 1.71. The average molecular weight is 257 g/mol. The van der Waals surface area contributed by atoms with E-state index >= 15 is 0 Å². The van der Waals surface area contributed by atoms with Crippen molar-refractivity contribution in [1.29, 1.82) is 0 Å². The number of hydrogen-bond acceptors (Lipinski definition) is 3. The molecule has 0 aromatic heterocycles. The molecule has 0 spiro atoms. The van der Waals surface area contributed by atoms with Gasteiger partial charge in [0.15, 0.2) is 0 Å². The summed E-state index contributed by atoms with van der Waals surface area (Å²) in [5, 5.41) is 9.11. The molecule has 1 heterocycles. The second kappa shape index (κ2) is 3.34. The van der Waals surface area contributed by atoms with Gasteiger partial charge < -0.3 is 9.84 Å². The zero-order valence-corrected chi connectivity index (χ0v) is 8.28. The molecule has 4 heteroatoms. The predicted molar refractivity (Wildman–Crippen MR) is 46.4 cm³/mol. The first-order valence-electron chi connectivity index (χ1n) is 3.36. The number of aliphatic hydroxyl groups excluding tert-OH is 1. The van der Waals surface area contributed by atoms with Crippen LogP contribution in [0.15, 0.2) is 0 Å². The van der Waals surface area contributed by atoms with Gasteiger partial charge in [-0.3, -0.25) is 0 Å². The van der Waals surface area contributed by atoms with Gasteiger partial charge in [-0.05, 0) is 5.92 Å². The largest absolute Gasteiger partial charge is 0.355 e. The van der Waals surface area contributed by atoms with E-state index in [1.54, 1.807) is 0 Å². The SMILES string of the molecule is CC(C)C1COC(O)N1I. The Kier molecular flexibility index (Phi) is 2.91. The fraction of sp³-hybridized carbons (Fsp3) is 1.00. The van der Waals surface area contributed by atoms with Crippen molar-refractivity contribution in [3.8, 4) is 0 Å². The van der Waals surface area contributed by atoms with Gasteiger partial charge in [0, 0.05) is 22.9 Å². The van der Waals surface area contributed by atoms with Crippen LogP contribution < -0.4 is 0 Å². The van der Waals surface area contributed by atoms with Crippen LogP contribution in [-0.2, 0) is 4.74 Å². The van der Waals surface area contributed by atoms with E-state index in [-0.39, 0.29) is 0 Å². The maximum Gasteiger partial charge on any atom is 0.225 e. The molecule has 1 N–H and O–H groups in total. The lowest BCUT2D eigenvalue weighted by Crippen LogP contribution is -2.31. The minimum absolute atomic E-state index is 0.357. The lowest BCUT2D eigenvalue weighted by molar-refractivity contribution is -0.0979. The topological polar surface area (TPSA) is 32.7 Å². The molecule has 0 amide bonds. The van der Waals surface area contributed by atoms with E-state index < -0.39 is 6.41 Å². The summed E-state index contributed by atoms with van der Waals surface area (Å²) in [5.74, 6) is 0.536. The molecule has 0 radical (unpaired) electrons. The highest BCUT2D eigenvalue weighted by atomic mass is 127. The molecule has 2 atom stereocenters. The Balaban J connectivity index is 2.49. The van der Waals surface area contributed by atoms with Crippen molar-refractivity contribution < 1.29 is 9.84 Å². The highest BCUT2D eigenvalue weighted by Gasteiger charge is 2.32. The minimum atomic E-state index is -0.701. The Morgan fingerprint density at radius 3 is 2.50 bits per heavy atom. The van der Waals surface area contributed by atoms with Crippen LogP contribution in [0.2, 0.25) is 0 Å². The fourth-order valence-electron chi connectivity index (χ4n) is 0.968. The van der Waals surface area contributed by atoms with E-state index in [4.69, 9.17) is 9.84 Å². The molecule has 1 saturated heterocycles. The summed E-state index contributed by atoms with van der Waals surface area (Å²) in [6.45, 7) is 4.89. The molecular weight excluding hydrogens is 245 g/mol. The monoisotopic (exact) mass is 257 g/mol. The summed E-state index contributed by atoms with van der Waals surface area (Å²) in [7, 11) is 0. The first-order valence-corrected chi connectivity index (χ1v) is 4.33. The van der Waals surface area contributed by atoms with Gasteiger partial charge in [-0.15, -0.1) is 0 Å². The molecule has 2 unspecified atom stereocenters. The van der Waals surface area contributed by atoms with Crippen molar-refractivity contribution >= 4 is 22.9 Å².